The monoisotopic (exact) mass is 282 g/mol. The molecule has 0 aliphatic carbocycles. The summed E-state index contributed by atoms with van der Waals surface area (Å²) in [5.74, 6) is 0.236. The number of aromatic nitrogens is 4. The Morgan fingerprint density at radius 1 is 1.53 bits per heavy atom. The first-order chi connectivity index (χ1) is 9.01. The Bertz CT molecular complexity index is 661. The smallest absolute Gasteiger partial charge is 0.316 e. The van der Waals surface area contributed by atoms with Gasteiger partial charge in [-0.3, -0.25) is 14.7 Å². The van der Waals surface area contributed by atoms with E-state index >= 15 is 0 Å². The average molecular weight is 282 g/mol. The Kier molecular flexibility index (Phi) is 3.89. The highest BCUT2D eigenvalue weighted by Gasteiger charge is 2.11. The van der Waals surface area contributed by atoms with Crippen molar-refractivity contribution in [2.75, 3.05) is 12.9 Å². The molecule has 2 aromatic rings. The highest BCUT2D eigenvalue weighted by molar-refractivity contribution is 7.99. The van der Waals surface area contributed by atoms with Gasteiger partial charge in [-0.25, -0.2) is 4.98 Å². The number of nitrogens with zero attached hydrogens (tertiary/aromatic N) is 3. The largest absolute Gasteiger partial charge is 0.468 e. The molecule has 0 aliphatic rings. The third kappa shape index (κ3) is 2.95. The van der Waals surface area contributed by atoms with Crippen LogP contribution >= 0.6 is 11.8 Å². The third-order valence-corrected chi connectivity index (χ3v) is 3.31. The number of thioether (sulfide) groups is 1. The molecule has 2 aromatic heterocycles. The first-order valence-electron chi connectivity index (χ1n) is 5.70. The molecule has 2 heterocycles. The molecule has 0 fully saturated rings. The van der Waals surface area contributed by atoms with Crippen molar-refractivity contribution < 1.29 is 9.53 Å². The normalized spacial score (nSPS) is 11.2. The van der Waals surface area contributed by atoms with E-state index in [4.69, 9.17) is 0 Å². The van der Waals surface area contributed by atoms with Crippen molar-refractivity contribution in [3.05, 3.63) is 22.1 Å². The summed E-state index contributed by atoms with van der Waals surface area (Å²) < 4.78 is 5.79. The molecule has 19 heavy (non-hydrogen) atoms. The van der Waals surface area contributed by atoms with Crippen LogP contribution < -0.4 is 5.56 Å². The predicted octanol–water partition coefficient (Wildman–Crippen LogP) is 0.806. The fraction of sp³-hybridized carbons (Fsp3) is 0.455. The highest BCUT2D eigenvalue weighted by Crippen LogP contribution is 2.14. The molecule has 0 spiro atoms. The fourth-order valence-corrected chi connectivity index (χ4v) is 2.10. The number of methoxy groups -OCH3 is 1. The van der Waals surface area contributed by atoms with Gasteiger partial charge in [0.15, 0.2) is 5.16 Å². The predicted molar refractivity (Wildman–Crippen MR) is 70.4 cm³/mol. The van der Waals surface area contributed by atoms with Crippen LogP contribution in [0, 0.1) is 0 Å². The summed E-state index contributed by atoms with van der Waals surface area (Å²) >= 11 is 1.16. The van der Waals surface area contributed by atoms with Crippen molar-refractivity contribution in [2.24, 2.45) is 0 Å². The van der Waals surface area contributed by atoms with E-state index in [1.807, 2.05) is 13.8 Å². The van der Waals surface area contributed by atoms with Crippen LogP contribution in [-0.2, 0) is 9.53 Å². The number of rotatable bonds is 4. The molecule has 0 saturated heterocycles. The Balaban J connectivity index is 2.32. The number of hydrogen-bond donors (Lipinski definition) is 1. The van der Waals surface area contributed by atoms with E-state index in [1.54, 1.807) is 0 Å². The van der Waals surface area contributed by atoms with Gasteiger partial charge in [-0.1, -0.05) is 25.6 Å². The van der Waals surface area contributed by atoms with E-state index in [0.29, 0.717) is 16.6 Å². The first-order valence-corrected chi connectivity index (χ1v) is 6.69. The number of H-pyrrole nitrogens is 1. The van der Waals surface area contributed by atoms with Gasteiger partial charge in [-0.2, -0.15) is 9.50 Å². The molecule has 0 bridgehead atoms. The quantitative estimate of drug-likeness (QED) is 0.659. The molecule has 7 nitrogen and oxygen atoms in total. The minimum atomic E-state index is -0.353. The molecule has 0 aromatic carbocycles. The van der Waals surface area contributed by atoms with Crippen molar-refractivity contribution >= 4 is 23.5 Å². The number of fused-ring (bicyclic) bond motifs is 1. The van der Waals surface area contributed by atoms with Crippen molar-refractivity contribution in [3.8, 4) is 0 Å². The van der Waals surface area contributed by atoms with E-state index in [1.165, 1.54) is 17.7 Å². The van der Waals surface area contributed by atoms with E-state index in [9.17, 15) is 9.59 Å². The van der Waals surface area contributed by atoms with E-state index < -0.39 is 0 Å². The van der Waals surface area contributed by atoms with Gasteiger partial charge in [0.05, 0.1) is 18.6 Å². The van der Waals surface area contributed by atoms with Gasteiger partial charge < -0.3 is 4.74 Å². The second-order valence-corrected chi connectivity index (χ2v) is 5.17. The Hall–Kier alpha value is -1.83. The first kappa shape index (κ1) is 13.6. The lowest BCUT2D eigenvalue weighted by Crippen LogP contribution is -2.16. The molecule has 8 heteroatoms. The summed E-state index contributed by atoms with van der Waals surface area (Å²) in [6.45, 7) is 3.91. The molecular formula is C11H14N4O3S. The van der Waals surface area contributed by atoms with Crippen LogP contribution in [0.1, 0.15) is 25.5 Å². The zero-order chi connectivity index (χ0) is 14.0. The summed E-state index contributed by atoms with van der Waals surface area (Å²) in [5, 5.41) is 3.25. The molecule has 1 N–H and O–H groups in total. The summed E-state index contributed by atoms with van der Waals surface area (Å²) in [6, 6.07) is 1.48. The lowest BCUT2D eigenvalue weighted by atomic mass is 10.1. The zero-order valence-corrected chi connectivity index (χ0v) is 11.7. The van der Waals surface area contributed by atoms with E-state index in [2.05, 4.69) is 19.8 Å². The number of hydrogen-bond acceptors (Lipinski definition) is 6. The van der Waals surface area contributed by atoms with Crippen molar-refractivity contribution in [2.45, 2.75) is 24.9 Å². The van der Waals surface area contributed by atoms with Gasteiger partial charge >= 0.3 is 5.97 Å². The van der Waals surface area contributed by atoms with Crippen LogP contribution in [0.3, 0.4) is 0 Å². The number of esters is 1. The van der Waals surface area contributed by atoms with Crippen LogP contribution in [0.2, 0.25) is 0 Å². The van der Waals surface area contributed by atoms with Crippen LogP contribution in [-0.4, -0.2) is 38.4 Å². The molecule has 0 aliphatic heterocycles. The van der Waals surface area contributed by atoms with Crippen LogP contribution in [0.25, 0.3) is 5.78 Å². The molecule has 0 atom stereocenters. The van der Waals surface area contributed by atoms with Gasteiger partial charge in [0.1, 0.15) is 0 Å². The molecular weight excluding hydrogens is 268 g/mol. The lowest BCUT2D eigenvalue weighted by molar-refractivity contribution is -0.137. The van der Waals surface area contributed by atoms with Crippen LogP contribution in [0.5, 0.6) is 0 Å². The van der Waals surface area contributed by atoms with Crippen molar-refractivity contribution in [1.82, 2.24) is 19.6 Å². The summed E-state index contributed by atoms with van der Waals surface area (Å²) in [4.78, 5) is 31.4. The van der Waals surface area contributed by atoms with Gasteiger partial charge in [0, 0.05) is 6.07 Å². The maximum absolute atomic E-state index is 11.9. The maximum atomic E-state index is 11.9. The van der Waals surface area contributed by atoms with Gasteiger partial charge in [-0.15, -0.1) is 0 Å². The highest BCUT2D eigenvalue weighted by atomic mass is 32.2. The Morgan fingerprint density at radius 3 is 2.89 bits per heavy atom. The number of ether oxygens (including phenoxy) is 1. The molecule has 0 unspecified atom stereocenters. The van der Waals surface area contributed by atoms with Crippen LogP contribution in [0.15, 0.2) is 16.0 Å². The van der Waals surface area contributed by atoms with Gasteiger partial charge in [-0.05, 0) is 5.92 Å². The van der Waals surface area contributed by atoms with E-state index in [0.717, 1.165) is 11.8 Å². The number of carbonyl (C=O) groups excluding carboxylic acids is 1. The van der Waals surface area contributed by atoms with Crippen molar-refractivity contribution in [3.63, 3.8) is 0 Å². The maximum Gasteiger partial charge on any atom is 0.316 e. The number of nitrogens with one attached hydrogen (secondary N) is 1. The molecule has 2 rings (SSSR count). The SMILES string of the molecule is COC(=O)CSc1nc2nc(C(C)C)cc(=O)n2[nH]1. The Labute approximate surface area is 113 Å². The second kappa shape index (κ2) is 5.43. The minimum Gasteiger partial charge on any atom is -0.468 e. The summed E-state index contributed by atoms with van der Waals surface area (Å²) in [7, 11) is 1.32. The van der Waals surface area contributed by atoms with Gasteiger partial charge in [0.25, 0.3) is 11.3 Å². The molecule has 102 valence electrons. The second-order valence-electron chi connectivity index (χ2n) is 4.20. The average Bonchev–Trinajstić information content (AvgIpc) is 2.79. The van der Waals surface area contributed by atoms with Crippen molar-refractivity contribution in [1.29, 1.82) is 0 Å². The summed E-state index contributed by atoms with van der Waals surface area (Å²) in [6.07, 6.45) is 0. The lowest BCUT2D eigenvalue weighted by Gasteiger charge is -2.01. The zero-order valence-electron chi connectivity index (χ0n) is 10.8. The minimum absolute atomic E-state index is 0.127. The number of aromatic amines is 1. The number of carbonyl (C=O) groups is 1. The molecule has 0 saturated carbocycles. The van der Waals surface area contributed by atoms with Gasteiger partial charge in [0.2, 0.25) is 0 Å². The standard InChI is InChI=1S/C11H14N4O3S/c1-6(2)7-4-8(16)15-10(12-7)13-11(14-15)19-5-9(17)18-3/h4,6H,5H2,1-3H3,(H,12,13,14). The van der Waals surface area contributed by atoms with Crippen LogP contribution in [0.4, 0.5) is 0 Å². The third-order valence-electron chi connectivity index (χ3n) is 2.48. The van der Waals surface area contributed by atoms with E-state index in [-0.39, 0.29) is 23.2 Å². The Morgan fingerprint density at radius 2 is 2.26 bits per heavy atom. The molecule has 0 amide bonds. The topological polar surface area (TPSA) is 89.3 Å². The fourth-order valence-electron chi connectivity index (χ4n) is 1.43. The summed E-state index contributed by atoms with van der Waals surface area (Å²) in [5.41, 5.74) is 0.479. The molecule has 0 radical (unpaired) electrons.